The van der Waals surface area contributed by atoms with Crippen molar-refractivity contribution in [3.05, 3.63) is 29.8 Å². The van der Waals surface area contributed by atoms with Crippen LogP contribution in [0.1, 0.15) is 25.3 Å². The number of hydrogen-bond donors (Lipinski definition) is 1. The highest BCUT2D eigenvalue weighted by Gasteiger charge is 2.56. The molecule has 2 N–H and O–H groups in total. The van der Waals surface area contributed by atoms with Gasteiger partial charge in [0.2, 0.25) is 0 Å². The lowest BCUT2D eigenvalue weighted by molar-refractivity contribution is 0.591. The highest BCUT2D eigenvalue weighted by Crippen LogP contribution is 2.57. The van der Waals surface area contributed by atoms with Crippen LogP contribution >= 0.6 is 0 Å². The molecule has 2 rings (SSSR count). The van der Waals surface area contributed by atoms with Gasteiger partial charge in [-0.25, -0.2) is 4.39 Å². The highest BCUT2D eigenvalue weighted by atomic mass is 19.1. The third-order valence-electron chi connectivity index (χ3n) is 3.00. The maximum absolute atomic E-state index is 12.8. The Morgan fingerprint density at radius 2 is 2.08 bits per heavy atom. The first-order chi connectivity index (χ1) is 6.03. The maximum atomic E-state index is 12.8. The molecule has 0 bridgehead atoms. The Morgan fingerprint density at radius 1 is 1.46 bits per heavy atom. The van der Waals surface area contributed by atoms with Crippen molar-refractivity contribution in [2.24, 2.45) is 11.1 Å². The number of halogens is 1. The van der Waals surface area contributed by atoms with Crippen molar-refractivity contribution in [2.45, 2.75) is 25.8 Å². The molecule has 3 heteroatoms. The molecule has 0 saturated heterocycles. The van der Waals surface area contributed by atoms with Gasteiger partial charge in [0.05, 0.1) is 6.20 Å². The van der Waals surface area contributed by atoms with E-state index in [0.717, 1.165) is 5.56 Å². The molecule has 0 spiro atoms. The molecule has 1 aliphatic carbocycles. The molecule has 0 radical (unpaired) electrons. The van der Waals surface area contributed by atoms with E-state index in [2.05, 4.69) is 18.8 Å². The van der Waals surface area contributed by atoms with E-state index in [0.29, 0.717) is 0 Å². The molecule has 1 aromatic heterocycles. The molecule has 1 heterocycles. The maximum Gasteiger partial charge on any atom is 0.141 e. The normalized spacial score (nSPS) is 30.2. The molecule has 0 aliphatic heterocycles. The average molecular weight is 180 g/mol. The van der Waals surface area contributed by atoms with E-state index in [1.807, 2.05) is 0 Å². The minimum Gasteiger partial charge on any atom is -0.327 e. The fourth-order valence-electron chi connectivity index (χ4n) is 1.91. The van der Waals surface area contributed by atoms with Crippen LogP contribution in [0.15, 0.2) is 18.5 Å². The van der Waals surface area contributed by atoms with E-state index in [4.69, 9.17) is 5.73 Å². The molecule has 1 fully saturated rings. The quantitative estimate of drug-likeness (QED) is 0.714. The molecular formula is C10H13FN2. The number of aromatic nitrogens is 1. The van der Waals surface area contributed by atoms with E-state index < -0.39 is 0 Å². The number of hydrogen-bond acceptors (Lipinski definition) is 2. The number of rotatable bonds is 1. The third-order valence-corrected chi connectivity index (χ3v) is 3.00. The average Bonchev–Trinajstić information content (AvgIpc) is 2.51. The van der Waals surface area contributed by atoms with Gasteiger partial charge in [0.15, 0.2) is 0 Å². The summed E-state index contributed by atoms with van der Waals surface area (Å²) in [6.07, 6.45) is 2.91. The lowest BCUT2D eigenvalue weighted by Gasteiger charge is -2.01. The van der Waals surface area contributed by atoms with Gasteiger partial charge in [-0.2, -0.15) is 0 Å². The van der Waals surface area contributed by atoms with Gasteiger partial charge < -0.3 is 5.73 Å². The van der Waals surface area contributed by atoms with Gasteiger partial charge in [-0.1, -0.05) is 13.8 Å². The molecule has 70 valence electrons. The SMILES string of the molecule is CC1(C)[C@H](N)[C@H]1c1cncc(F)c1. The van der Waals surface area contributed by atoms with Gasteiger partial charge in [0, 0.05) is 18.2 Å². The summed E-state index contributed by atoms with van der Waals surface area (Å²) in [7, 11) is 0. The molecule has 0 unspecified atom stereocenters. The molecular weight excluding hydrogens is 167 g/mol. The zero-order valence-corrected chi connectivity index (χ0v) is 7.79. The van der Waals surface area contributed by atoms with Gasteiger partial charge in [0.1, 0.15) is 5.82 Å². The van der Waals surface area contributed by atoms with Crippen LogP contribution in [-0.2, 0) is 0 Å². The summed E-state index contributed by atoms with van der Waals surface area (Å²) in [5, 5.41) is 0. The van der Waals surface area contributed by atoms with E-state index in [1.165, 1.54) is 12.3 Å². The van der Waals surface area contributed by atoms with Crippen molar-refractivity contribution < 1.29 is 4.39 Å². The molecule has 2 atom stereocenters. The van der Waals surface area contributed by atoms with Crippen molar-refractivity contribution in [2.75, 3.05) is 0 Å². The summed E-state index contributed by atoms with van der Waals surface area (Å²) in [4.78, 5) is 3.81. The smallest absolute Gasteiger partial charge is 0.141 e. The van der Waals surface area contributed by atoms with Crippen molar-refractivity contribution >= 4 is 0 Å². The van der Waals surface area contributed by atoms with Gasteiger partial charge >= 0.3 is 0 Å². The highest BCUT2D eigenvalue weighted by molar-refractivity contribution is 5.32. The topological polar surface area (TPSA) is 38.9 Å². The monoisotopic (exact) mass is 180 g/mol. The van der Waals surface area contributed by atoms with Gasteiger partial charge in [-0.05, 0) is 17.0 Å². The minimum absolute atomic E-state index is 0.0927. The first kappa shape index (κ1) is 8.63. The lowest BCUT2D eigenvalue weighted by Crippen LogP contribution is -2.06. The van der Waals surface area contributed by atoms with Crippen molar-refractivity contribution in [3.63, 3.8) is 0 Å². The summed E-state index contributed by atoms with van der Waals surface area (Å²) in [6, 6.07) is 1.66. The van der Waals surface area contributed by atoms with Crippen LogP contribution in [-0.4, -0.2) is 11.0 Å². The fraction of sp³-hybridized carbons (Fsp3) is 0.500. The molecule has 0 aromatic carbocycles. The second kappa shape index (κ2) is 2.51. The van der Waals surface area contributed by atoms with Crippen molar-refractivity contribution in [1.29, 1.82) is 0 Å². The Labute approximate surface area is 77.0 Å². The summed E-state index contributed by atoms with van der Waals surface area (Å²) < 4.78 is 12.8. The first-order valence-corrected chi connectivity index (χ1v) is 4.39. The molecule has 13 heavy (non-hydrogen) atoms. The van der Waals surface area contributed by atoms with Crippen LogP contribution in [0.4, 0.5) is 4.39 Å². The number of nitrogens with zero attached hydrogens (tertiary/aromatic N) is 1. The minimum atomic E-state index is -0.285. The second-order valence-electron chi connectivity index (χ2n) is 4.26. The summed E-state index contributed by atoms with van der Waals surface area (Å²) in [5.74, 6) is -0.0249. The standard InChI is InChI=1S/C10H13FN2/c1-10(2)8(9(10)12)6-3-7(11)5-13-4-6/h3-5,8-9H,12H2,1-2H3/t8-,9-/m1/s1. The summed E-state index contributed by atoms with van der Waals surface area (Å²) >= 11 is 0. The fourth-order valence-corrected chi connectivity index (χ4v) is 1.91. The first-order valence-electron chi connectivity index (χ1n) is 4.39. The van der Waals surface area contributed by atoms with E-state index in [-0.39, 0.29) is 23.2 Å². The van der Waals surface area contributed by atoms with Crippen LogP contribution in [0, 0.1) is 11.2 Å². The largest absolute Gasteiger partial charge is 0.327 e. The predicted octanol–water partition coefficient (Wildman–Crippen LogP) is 1.67. The Hall–Kier alpha value is -0.960. The van der Waals surface area contributed by atoms with E-state index >= 15 is 0 Å². The molecule has 1 saturated carbocycles. The Bertz CT molecular complexity index is 335. The van der Waals surface area contributed by atoms with Crippen molar-refractivity contribution in [3.8, 4) is 0 Å². The lowest BCUT2D eigenvalue weighted by atomic mass is 10.1. The zero-order valence-electron chi connectivity index (χ0n) is 7.79. The molecule has 2 nitrogen and oxygen atoms in total. The number of nitrogens with two attached hydrogens (primary N) is 1. The van der Waals surface area contributed by atoms with Gasteiger partial charge in [-0.15, -0.1) is 0 Å². The molecule has 1 aromatic rings. The number of pyridine rings is 1. The Morgan fingerprint density at radius 3 is 2.54 bits per heavy atom. The van der Waals surface area contributed by atoms with E-state index in [9.17, 15) is 4.39 Å². The van der Waals surface area contributed by atoms with Gasteiger partial charge in [-0.3, -0.25) is 4.98 Å². The van der Waals surface area contributed by atoms with Gasteiger partial charge in [0.25, 0.3) is 0 Å². The zero-order chi connectivity index (χ0) is 9.64. The van der Waals surface area contributed by atoms with Crippen LogP contribution in [0.3, 0.4) is 0 Å². The van der Waals surface area contributed by atoms with Crippen molar-refractivity contribution in [1.82, 2.24) is 4.98 Å². The van der Waals surface area contributed by atoms with Crippen LogP contribution in [0.2, 0.25) is 0 Å². The summed E-state index contributed by atoms with van der Waals surface area (Å²) in [5.41, 5.74) is 6.88. The summed E-state index contributed by atoms with van der Waals surface area (Å²) in [6.45, 7) is 4.18. The second-order valence-corrected chi connectivity index (χ2v) is 4.26. The van der Waals surface area contributed by atoms with Crippen LogP contribution in [0.5, 0.6) is 0 Å². The third kappa shape index (κ3) is 1.23. The predicted molar refractivity (Wildman–Crippen MR) is 48.7 cm³/mol. The van der Waals surface area contributed by atoms with Crippen LogP contribution in [0.25, 0.3) is 0 Å². The molecule has 0 amide bonds. The van der Waals surface area contributed by atoms with E-state index in [1.54, 1.807) is 6.20 Å². The van der Waals surface area contributed by atoms with Crippen LogP contribution < -0.4 is 5.73 Å². The Kier molecular flexibility index (Phi) is 1.67. The Balaban J connectivity index is 2.29. The molecule has 1 aliphatic rings.